The quantitative estimate of drug-likeness (QED) is 0.280. The number of urea groups is 1. The lowest BCUT2D eigenvalue weighted by Gasteiger charge is -2.25. The number of benzene rings is 2. The van der Waals surface area contributed by atoms with Crippen LogP contribution in [0.1, 0.15) is 65.9 Å². The number of methoxy groups -OCH3 is 2. The van der Waals surface area contributed by atoms with E-state index in [4.69, 9.17) is 14.2 Å². The van der Waals surface area contributed by atoms with E-state index in [0.717, 1.165) is 31.2 Å². The van der Waals surface area contributed by atoms with Crippen LogP contribution in [-0.4, -0.2) is 55.6 Å². The molecule has 0 aliphatic heterocycles. The summed E-state index contributed by atoms with van der Waals surface area (Å²) in [5.74, 6) is 1.93. The molecule has 0 aliphatic rings. The molecule has 0 spiro atoms. The zero-order chi connectivity index (χ0) is 27.5. The number of nitrogens with one attached hydrogen (secondary N) is 1. The van der Waals surface area contributed by atoms with Crippen LogP contribution in [0.4, 0.5) is 10.5 Å². The fourth-order valence-corrected chi connectivity index (χ4v) is 3.89. The first-order chi connectivity index (χ1) is 17.5. The minimum atomic E-state index is -0.633. The van der Waals surface area contributed by atoms with Crippen LogP contribution in [0.15, 0.2) is 42.5 Å². The number of nitrogens with zero attached hydrogens (tertiary/aromatic N) is 1. The number of carbonyl (C=O) groups is 1. The number of aliphatic hydroxyl groups excluding tert-OH is 1. The second kappa shape index (κ2) is 14.1. The molecule has 0 atom stereocenters. The monoisotopic (exact) mass is 514 g/mol. The maximum atomic E-state index is 13.3. The molecule has 0 radical (unpaired) electrons. The Bertz CT molecular complexity index is 967. The van der Waals surface area contributed by atoms with E-state index < -0.39 is 5.60 Å². The summed E-state index contributed by atoms with van der Waals surface area (Å²) in [6, 6.07) is 13.0. The summed E-state index contributed by atoms with van der Waals surface area (Å²) >= 11 is 0. The highest BCUT2D eigenvalue weighted by Crippen LogP contribution is 2.29. The van der Waals surface area contributed by atoms with Gasteiger partial charge in [0.1, 0.15) is 22.8 Å². The highest BCUT2D eigenvalue weighted by Gasteiger charge is 2.19. The Balaban J connectivity index is 2.05. The molecule has 0 aromatic heterocycles. The molecular weight excluding hydrogens is 468 g/mol. The van der Waals surface area contributed by atoms with Gasteiger partial charge in [0.25, 0.3) is 0 Å². The number of rotatable bonds is 14. The Morgan fingerprint density at radius 1 is 0.892 bits per heavy atom. The van der Waals surface area contributed by atoms with Crippen LogP contribution in [0.5, 0.6) is 17.2 Å². The Morgan fingerprint density at radius 2 is 1.57 bits per heavy atom. The van der Waals surface area contributed by atoms with Crippen molar-refractivity contribution < 1.29 is 24.1 Å². The molecule has 7 heteroatoms. The van der Waals surface area contributed by atoms with Crippen LogP contribution in [0.3, 0.4) is 0 Å². The molecule has 0 saturated carbocycles. The van der Waals surface area contributed by atoms with Gasteiger partial charge in [-0.3, -0.25) is 0 Å². The van der Waals surface area contributed by atoms with Gasteiger partial charge in [0.05, 0.1) is 26.5 Å². The van der Waals surface area contributed by atoms with Crippen molar-refractivity contribution in [2.24, 2.45) is 5.41 Å². The summed E-state index contributed by atoms with van der Waals surface area (Å²) in [6.45, 7) is 11.7. The number of hydrogen-bond donors (Lipinski definition) is 2. The SMILES string of the molecule is COc1ccc(NC(=O)N(CCCCCC(C)(C)C)CCc2ccc(OC(C)(C)CO)cc2)c(OC)c1. The molecule has 0 fully saturated rings. The van der Waals surface area contributed by atoms with E-state index in [9.17, 15) is 9.90 Å². The molecule has 2 rings (SSSR count). The van der Waals surface area contributed by atoms with Gasteiger partial charge in [-0.2, -0.15) is 0 Å². The Morgan fingerprint density at radius 3 is 2.16 bits per heavy atom. The predicted octanol–water partition coefficient (Wildman–Crippen LogP) is 6.54. The van der Waals surface area contributed by atoms with Gasteiger partial charge in [0, 0.05) is 19.2 Å². The standard InChI is InChI=1S/C30H46N2O5/c1-29(2,3)18-9-8-10-19-32(28(34)31-26-16-15-25(35-6)21-27(26)36-7)20-17-23-11-13-24(14-12-23)37-30(4,5)22-33/h11-16,21,33H,8-10,17-20,22H2,1-7H3,(H,31,34). The van der Waals surface area contributed by atoms with Gasteiger partial charge in [-0.05, 0) is 68.4 Å². The number of aliphatic hydroxyl groups is 1. The van der Waals surface area contributed by atoms with Crippen LogP contribution in [0.25, 0.3) is 0 Å². The van der Waals surface area contributed by atoms with E-state index in [0.29, 0.717) is 41.4 Å². The van der Waals surface area contributed by atoms with Crippen molar-refractivity contribution in [2.75, 3.05) is 39.2 Å². The van der Waals surface area contributed by atoms with Gasteiger partial charge in [-0.25, -0.2) is 4.79 Å². The summed E-state index contributed by atoms with van der Waals surface area (Å²) in [7, 11) is 3.17. The third-order valence-corrected chi connectivity index (χ3v) is 6.16. The topological polar surface area (TPSA) is 80.3 Å². The van der Waals surface area contributed by atoms with Gasteiger partial charge in [-0.1, -0.05) is 45.7 Å². The smallest absolute Gasteiger partial charge is 0.321 e. The van der Waals surface area contributed by atoms with E-state index in [1.807, 2.05) is 43.0 Å². The van der Waals surface area contributed by atoms with Gasteiger partial charge in [0.15, 0.2) is 0 Å². The molecule has 2 N–H and O–H groups in total. The lowest BCUT2D eigenvalue weighted by atomic mass is 9.89. The first kappa shape index (κ1) is 30.3. The Kier molecular flexibility index (Phi) is 11.6. The molecule has 0 aliphatic carbocycles. The number of ether oxygens (including phenoxy) is 3. The van der Waals surface area contributed by atoms with E-state index in [1.54, 1.807) is 32.4 Å². The minimum absolute atomic E-state index is 0.0619. The largest absolute Gasteiger partial charge is 0.497 e. The average molecular weight is 515 g/mol. The molecule has 2 aromatic rings. The van der Waals surface area contributed by atoms with Crippen molar-refractivity contribution >= 4 is 11.7 Å². The van der Waals surface area contributed by atoms with Gasteiger partial charge in [-0.15, -0.1) is 0 Å². The first-order valence-corrected chi connectivity index (χ1v) is 13.1. The summed E-state index contributed by atoms with van der Waals surface area (Å²) in [5, 5.41) is 12.5. The van der Waals surface area contributed by atoms with Crippen LogP contribution in [0.2, 0.25) is 0 Å². The zero-order valence-electron chi connectivity index (χ0n) is 23.7. The molecule has 37 heavy (non-hydrogen) atoms. The fraction of sp³-hybridized carbons (Fsp3) is 0.567. The minimum Gasteiger partial charge on any atom is -0.497 e. The van der Waals surface area contributed by atoms with Crippen molar-refractivity contribution in [1.82, 2.24) is 4.90 Å². The first-order valence-electron chi connectivity index (χ1n) is 13.1. The third kappa shape index (κ3) is 10.9. The van der Waals surface area contributed by atoms with Gasteiger partial charge in [0.2, 0.25) is 0 Å². The summed E-state index contributed by atoms with van der Waals surface area (Å²) in [5.41, 5.74) is 1.41. The molecule has 206 valence electrons. The lowest BCUT2D eigenvalue weighted by Crippen LogP contribution is -2.37. The van der Waals surface area contributed by atoms with E-state index in [-0.39, 0.29) is 12.6 Å². The molecule has 0 bridgehead atoms. The maximum absolute atomic E-state index is 13.3. The number of unbranched alkanes of at least 4 members (excludes halogenated alkanes) is 2. The third-order valence-electron chi connectivity index (χ3n) is 6.16. The number of amides is 2. The van der Waals surface area contributed by atoms with Gasteiger partial charge < -0.3 is 29.5 Å². The second-order valence-corrected chi connectivity index (χ2v) is 11.3. The normalized spacial score (nSPS) is 11.7. The Labute approximate surface area is 223 Å². The van der Waals surface area contributed by atoms with Crippen LogP contribution in [-0.2, 0) is 6.42 Å². The Hall–Kier alpha value is -2.93. The molecule has 2 amide bonds. The highest BCUT2D eigenvalue weighted by atomic mass is 16.5. The summed E-state index contributed by atoms with van der Waals surface area (Å²) in [6.07, 6.45) is 5.07. The number of anilines is 1. The molecule has 0 unspecified atom stereocenters. The van der Waals surface area contributed by atoms with E-state index in [2.05, 4.69) is 26.1 Å². The lowest BCUT2D eigenvalue weighted by molar-refractivity contribution is 0.0412. The van der Waals surface area contributed by atoms with Gasteiger partial charge >= 0.3 is 6.03 Å². The average Bonchev–Trinajstić information content (AvgIpc) is 2.85. The van der Waals surface area contributed by atoms with Crippen LogP contribution in [0, 0.1) is 5.41 Å². The van der Waals surface area contributed by atoms with E-state index >= 15 is 0 Å². The number of carbonyl (C=O) groups excluding carboxylic acids is 1. The number of hydrogen-bond acceptors (Lipinski definition) is 5. The molecular formula is C30H46N2O5. The highest BCUT2D eigenvalue weighted by molar-refractivity contribution is 5.91. The van der Waals surface area contributed by atoms with E-state index in [1.165, 1.54) is 6.42 Å². The van der Waals surface area contributed by atoms with Crippen LogP contribution < -0.4 is 19.5 Å². The molecule has 2 aromatic carbocycles. The molecule has 7 nitrogen and oxygen atoms in total. The molecule has 0 heterocycles. The predicted molar refractivity (Wildman–Crippen MR) is 150 cm³/mol. The fourth-order valence-electron chi connectivity index (χ4n) is 3.89. The van der Waals surface area contributed by atoms with Crippen molar-refractivity contribution in [3.8, 4) is 17.2 Å². The zero-order valence-corrected chi connectivity index (χ0v) is 23.7. The van der Waals surface area contributed by atoms with Crippen molar-refractivity contribution in [2.45, 2.75) is 72.3 Å². The summed E-state index contributed by atoms with van der Waals surface area (Å²) in [4.78, 5) is 15.2. The molecule has 0 saturated heterocycles. The van der Waals surface area contributed by atoms with Crippen molar-refractivity contribution in [1.29, 1.82) is 0 Å². The van der Waals surface area contributed by atoms with Crippen molar-refractivity contribution in [3.05, 3.63) is 48.0 Å². The maximum Gasteiger partial charge on any atom is 0.321 e. The van der Waals surface area contributed by atoms with Crippen LogP contribution >= 0.6 is 0 Å². The second-order valence-electron chi connectivity index (χ2n) is 11.3. The summed E-state index contributed by atoms with van der Waals surface area (Å²) < 4.78 is 16.6. The van der Waals surface area contributed by atoms with Crippen molar-refractivity contribution in [3.63, 3.8) is 0 Å².